The van der Waals surface area contributed by atoms with Crippen molar-refractivity contribution in [2.45, 2.75) is 26.4 Å². The Bertz CT molecular complexity index is 433. The van der Waals surface area contributed by atoms with Crippen LogP contribution in [-0.2, 0) is 0 Å². The van der Waals surface area contributed by atoms with Gasteiger partial charge in [-0.2, -0.15) is 0 Å². The predicted molar refractivity (Wildman–Crippen MR) is 71.9 cm³/mol. The van der Waals surface area contributed by atoms with E-state index in [4.69, 9.17) is 0 Å². The average molecular weight is 264 g/mol. The quantitative estimate of drug-likeness (QED) is 0.839. The van der Waals surface area contributed by atoms with E-state index in [1.807, 2.05) is 6.92 Å². The van der Waals surface area contributed by atoms with Gasteiger partial charge in [-0.3, -0.25) is 4.79 Å². The van der Waals surface area contributed by atoms with Gasteiger partial charge in [-0.25, -0.2) is 9.97 Å². The summed E-state index contributed by atoms with van der Waals surface area (Å²) in [5, 5.41) is 12.6. The van der Waals surface area contributed by atoms with Gasteiger partial charge in [-0.15, -0.1) is 0 Å². The molecule has 6 nitrogen and oxygen atoms in total. The van der Waals surface area contributed by atoms with E-state index in [0.29, 0.717) is 24.6 Å². The number of rotatable bonds is 4. The number of carbonyl (C=O) groups is 1. The number of amides is 1. The Morgan fingerprint density at radius 1 is 1.58 bits per heavy atom. The zero-order valence-corrected chi connectivity index (χ0v) is 11.3. The van der Waals surface area contributed by atoms with Crippen LogP contribution >= 0.6 is 0 Å². The number of likely N-dealkylation sites (tertiary alicyclic amines) is 1. The highest BCUT2D eigenvalue weighted by Gasteiger charge is 2.30. The van der Waals surface area contributed by atoms with Crippen LogP contribution in [0.2, 0.25) is 0 Å². The van der Waals surface area contributed by atoms with E-state index >= 15 is 0 Å². The SMILES string of the molecule is CCNc1cnc(C(=O)N2CCC(C(C)O)C2)cn1. The fraction of sp³-hybridized carbons (Fsp3) is 0.615. The molecule has 2 rings (SSSR count). The van der Waals surface area contributed by atoms with E-state index in [-0.39, 0.29) is 17.9 Å². The molecule has 2 unspecified atom stereocenters. The third kappa shape index (κ3) is 3.20. The van der Waals surface area contributed by atoms with Crippen molar-refractivity contribution in [3.8, 4) is 0 Å². The van der Waals surface area contributed by atoms with Crippen molar-refractivity contribution >= 4 is 11.7 Å². The predicted octanol–water partition coefficient (Wildman–Crippen LogP) is 0.751. The molecule has 0 aliphatic carbocycles. The largest absolute Gasteiger partial charge is 0.393 e. The number of hydrogen-bond acceptors (Lipinski definition) is 5. The Hall–Kier alpha value is -1.69. The van der Waals surface area contributed by atoms with Crippen LogP contribution in [0.15, 0.2) is 12.4 Å². The summed E-state index contributed by atoms with van der Waals surface area (Å²) in [4.78, 5) is 22.2. The van der Waals surface area contributed by atoms with Gasteiger partial charge >= 0.3 is 0 Å². The number of anilines is 1. The molecular formula is C13H20N4O2. The first-order chi connectivity index (χ1) is 9.11. The molecule has 1 aliphatic heterocycles. The van der Waals surface area contributed by atoms with E-state index in [2.05, 4.69) is 15.3 Å². The van der Waals surface area contributed by atoms with Crippen LogP contribution in [0.3, 0.4) is 0 Å². The Labute approximate surface area is 112 Å². The summed E-state index contributed by atoms with van der Waals surface area (Å²) in [5.74, 6) is 0.721. The second kappa shape index (κ2) is 5.97. The van der Waals surface area contributed by atoms with Gasteiger partial charge in [0.15, 0.2) is 0 Å². The van der Waals surface area contributed by atoms with Crippen LogP contribution < -0.4 is 5.32 Å². The van der Waals surface area contributed by atoms with E-state index in [1.165, 1.54) is 6.20 Å². The van der Waals surface area contributed by atoms with Crippen LogP contribution in [-0.4, -0.2) is 51.6 Å². The molecule has 0 spiro atoms. The molecule has 2 heterocycles. The minimum Gasteiger partial charge on any atom is -0.393 e. The molecule has 1 saturated heterocycles. The lowest BCUT2D eigenvalue weighted by Crippen LogP contribution is -2.31. The maximum absolute atomic E-state index is 12.2. The molecule has 2 N–H and O–H groups in total. The zero-order valence-electron chi connectivity index (χ0n) is 11.3. The second-order valence-corrected chi connectivity index (χ2v) is 4.86. The third-order valence-electron chi connectivity index (χ3n) is 3.42. The molecule has 6 heteroatoms. The number of nitrogens with zero attached hydrogens (tertiary/aromatic N) is 3. The fourth-order valence-corrected chi connectivity index (χ4v) is 2.24. The van der Waals surface area contributed by atoms with Gasteiger partial charge in [0.05, 0.1) is 18.5 Å². The molecule has 0 aromatic carbocycles. The van der Waals surface area contributed by atoms with Crippen molar-refractivity contribution in [1.82, 2.24) is 14.9 Å². The van der Waals surface area contributed by atoms with Gasteiger partial charge < -0.3 is 15.3 Å². The highest BCUT2D eigenvalue weighted by molar-refractivity contribution is 5.92. The first-order valence-corrected chi connectivity index (χ1v) is 6.65. The van der Waals surface area contributed by atoms with E-state index in [1.54, 1.807) is 18.0 Å². The number of hydrogen-bond donors (Lipinski definition) is 2. The molecule has 1 fully saturated rings. The first-order valence-electron chi connectivity index (χ1n) is 6.65. The average Bonchev–Trinajstić information content (AvgIpc) is 2.89. The van der Waals surface area contributed by atoms with Crippen molar-refractivity contribution in [1.29, 1.82) is 0 Å². The second-order valence-electron chi connectivity index (χ2n) is 4.86. The Morgan fingerprint density at radius 2 is 2.37 bits per heavy atom. The fourth-order valence-electron chi connectivity index (χ4n) is 2.24. The van der Waals surface area contributed by atoms with Crippen molar-refractivity contribution in [3.63, 3.8) is 0 Å². The first kappa shape index (κ1) is 13.7. The summed E-state index contributed by atoms with van der Waals surface area (Å²) in [6, 6.07) is 0. The summed E-state index contributed by atoms with van der Waals surface area (Å²) in [6.45, 7) is 5.77. The monoisotopic (exact) mass is 264 g/mol. The molecular weight excluding hydrogens is 244 g/mol. The topological polar surface area (TPSA) is 78.4 Å². The smallest absolute Gasteiger partial charge is 0.274 e. The molecule has 0 bridgehead atoms. The lowest BCUT2D eigenvalue weighted by atomic mass is 10.0. The van der Waals surface area contributed by atoms with Crippen LogP contribution in [0.4, 0.5) is 5.82 Å². The molecule has 1 aromatic heterocycles. The molecule has 0 radical (unpaired) electrons. The van der Waals surface area contributed by atoms with Gasteiger partial charge in [-0.05, 0) is 20.3 Å². The number of aliphatic hydroxyl groups excluding tert-OH is 1. The zero-order chi connectivity index (χ0) is 13.8. The molecule has 2 atom stereocenters. The lowest BCUT2D eigenvalue weighted by molar-refractivity contribution is 0.0756. The number of nitrogens with one attached hydrogen (secondary N) is 1. The van der Waals surface area contributed by atoms with E-state index < -0.39 is 0 Å². The minimum absolute atomic E-state index is 0.112. The van der Waals surface area contributed by atoms with Crippen molar-refractivity contribution in [2.24, 2.45) is 5.92 Å². The number of carbonyl (C=O) groups excluding carboxylic acids is 1. The lowest BCUT2D eigenvalue weighted by Gasteiger charge is -2.17. The Balaban J connectivity index is 2.00. The normalized spacial score (nSPS) is 20.4. The Morgan fingerprint density at radius 3 is 2.89 bits per heavy atom. The molecule has 104 valence electrons. The number of aromatic nitrogens is 2. The van der Waals surface area contributed by atoms with Crippen molar-refractivity contribution in [3.05, 3.63) is 18.1 Å². The van der Waals surface area contributed by atoms with Crippen LogP contribution in [0, 0.1) is 5.92 Å². The maximum atomic E-state index is 12.2. The summed E-state index contributed by atoms with van der Waals surface area (Å²) in [7, 11) is 0. The molecule has 19 heavy (non-hydrogen) atoms. The highest BCUT2D eigenvalue weighted by atomic mass is 16.3. The van der Waals surface area contributed by atoms with Gasteiger partial charge in [0.1, 0.15) is 11.5 Å². The van der Waals surface area contributed by atoms with Crippen molar-refractivity contribution < 1.29 is 9.90 Å². The minimum atomic E-state index is -0.375. The van der Waals surface area contributed by atoms with Crippen LogP contribution in [0.5, 0.6) is 0 Å². The molecule has 1 amide bonds. The summed E-state index contributed by atoms with van der Waals surface area (Å²) < 4.78 is 0. The standard InChI is InChI=1S/C13H20N4O2/c1-3-14-12-7-15-11(6-16-12)13(19)17-5-4-10(8-17)9(2)18/h6-7,9-10,18H,3-5,8H2,1-2H3,(H,14,16). The van der Waals surface area contributed by atoms with Crippen molar-refractivity contribution in [2.75, 3.05) is 25.0 Å². The number of aliphatic hydroxyl groups is 1. The molecule has 1 aliphatic rings. The highest BCUT2D eigenvalue weighted by Crippen LogP contribution is 2.21. The van der Waals surface area contributed by atoms with Crippen LogP contribution in [0.1, 0.15) is 30.8 Å². The van der Waals surface area contributed by atoms with E-state index in [0.717, 1.165) is 13.0 Å². The molecule has 1 aromatic rings. The maximum Gasteiger partial charge on any atom is 0.274 e. The van der Waals surface area contributed by atoms with Gasteiger partial charge in [-0.1, -0.05) is 0 Å². The van der Waals surface area contributed by atoms with Gasteiger partial charge in [0.2, 0.25) is 0 Å². The molecule has 0 saturated carbocycles. The van der Waals surface area contributed by atoms with Crippen LogP contribution in [0.25, 0.3) is 0 Å². The summed E-state index contributed by atoms with van der Waals surface area (Å²) >= 11 is 0. The Kier molecular flexibility index (Phi) is 4.31. The van der Waals surface area contributed by atoms with Gasteiger partial charge in [0, 0.05) is 25.6 Å². The van der Waals surface area contributed by atoms with E-state index in [9.17, 15) is 9.90 Å². The summed E-state index contributed by atoms with van der Waals surface area (Å²) in [6.07, 6.45) is 3.53. The summed E-state index contributed by atoms with van der Waals surface area (Å²) in [5.41, 5.74) is 0.355. The third-order valence-corrected chi connectivity index (χ3v) is 3.42. The van der Waals surface area contributed by atoms with Gasteiger partial charge in [0.25, 0.3) is 5.91 Å².